The highest BCUT2D eigenvalue weighted by atomic mass is 35.5. The van der Waals surface area contributed by atoms with Gasteiger partial charge in [0.05, 0.1) is 10.7 Å². The normalized spacial score (nSPS) is 13.3. The minimum atomic E-state index is -0.288. The van der Waals surface area contributed by atoms with Crippen molar-refractivity contribution in [3.63, 3.8) is 0 Å². The van der Waals surface area contributed by atoms with Crippen LogP contribution in [-0.4, -0.2) is 26.5 Å². The number of aromatic nitrogens is 4. The van der Waals surface area contributed by atoms with Gasteiger partial charge in [-0.3, -0.25) is 0 Å². The molecule has 4 aromatic rings. The van der Waals surface area contributed by atoms with Crippen LogP contribution in [0.4, 0.5) is 0 Å². The van der Waals surface area contributed by atoms with Crippen molar-refractivity contribution >= 4 is 34.7 Å². The van der Waals surface area contributed by atoms with Crippen molar-refractivity contribution in [2.24, 2.45) is 0 Å². The molecular formula is C23H21ClN4O3S2. The van der Waals surface area contributed by atoms with E-state index in [0.29, 0.717) is 16.5 Å². The van der Waals surface area contributed by atoms with Gasteiger partial charge in [0.25, 0.3) is 0 Å². The molecule has 0 saturated heterocycles. The number of thiazole rings is 1. The van der Waals surface area contributed by atoms with E-state index < -0.39 is 0 Å². The van der Waals surface area contributed by atoms with Crippen molar-refractivity contribution in [1.29, 1.82) is 0 Å². The Hall–Kier alpha value is -2.75. The SMILES string of the molecule is CCn1c(SCc2csc(-c3ccc4c(c3)OCO4)n2)nnc1C(C)Oc1ccccc1Cl. The molecule has 5 rings (SSSR count). The minimum Gasteiger partial charge on any atom is -0.481 e. The molecule has 0 spiro atoms. The zero-order valence-electron chi connectivity index (χ0n) is 18.0. The van der Waals surface area contributed by atoms with Crippen LogP contribution < -0.4 is 14.2 Å². The number of rotatable bonds is 8. The van der Waals surface area contributed by atoms with Crippen LogP contribution in [0.3, 0.4) is 0 Å². The monoisotopic (exact) mass is 500 g/mol. The van der Waals surface area contributed by atoms with Crippen LogP contribution in [-0.2, 0) is 12.3 Å². The predicted octanol–water partition coefficient (Wildman–Crippen LogP) is 6.24. The summed E-state index contributed by atoms with van der Waals surface area (Å²) in [5.74, 6) is 3.62. The number of halogens is 1. The standard InChI is InChI=1S/C23H21ClN4O3S2/c1-3-28-21(14(2)31-18-7-5-4-6-17(18)24)26-27-23(28)33-12-16-11-32-22(25-16)15-8-9-19-20(10-15)30-13-29-19/h4-11,14H,3,12-13H2,1-2H3. The van der Waals surface area contributed by atoms with Gasteiger partial charge in [-0.05, 0) is 44.2 Å². The first-order valence-electron chi connectivity index (χ1n) is 10.4. The molecule has 0 fully saturated rings. The van der Waals surface area contributed by atoms with Gasteiger partial charge in [0.15, 0.2) is 28.6 Å². The number of ether oxygens (including phenoxy) is 3. The third-order valence-corrected chi connectivity index (χ3v) is 7.34. The first-order valence-corrected chi connectivity index (χ1v) is 12.7. The molecule has 33 heavy (non-hydrogen) atoms. The molecule has 0 aliphatic carbocycles. The van der Waals surface area contributed by atoms with Crippen molar-refractivity contribution < 1.29 is 14.2 Å². The predicted molar refractivity (Wildman–Crippen MR) is 129 cm³/mol. The first-order chi connectivity index (χ1) is 16.1. The fourth-order valence-corrected chi connectivity index (χ4v) is 5.47. The Kier molecular flexibility index (Phi) is 6.43. The van der Waals surface area contributed by atoms with Crippen LogP contribution in [0.25, 0.3) is 10.6 Å². The summed E-state index contributed by atoms with van der Waals surface area (Å²) in [5, 5.41) is 13.2. The van der Waals surface area contributed by atoms with E-state index in [1.165, 1.54) is 0 Å². The number of benzene rings is 2. The summed E-state index contributed by atoms with van der Waals surface area (Å²) < 4.78 is 19.0. The summed E-state index contributed by atoms with van der Waals surface area (Å²) in [6, 6.07) is 13.3. The van der Waals surface area contributed by atoms with Gasteiger partial charge < -0.3 is 18.8 Å². The molecule has 0 radical (unpaired) electrons. The Balaban J connectivity index is 1.27. The Bertz CT molecular complexity index is 1280. The van der Waals surface area contributed by atoms with E-state index in [9.17, 15) is 0 Å². The number of hydrogen-bond acceptors (Lipinski definition) is 8. The molecule has 1 aliphatic rings. The molecule has 0 N–H and O–H groups in total. The van der Waals surface area contributed by atoms with Gasteiger partial charge in [0, 0.05) is 23.2 Å². The molecule has 1 aliphatic heterocycles. The Labute approximate surface area is 204 Å². The number of thioether (sulfide) groups is 1. The fraction of sp³-hybridized carbons (Fsp3) is 0.261. The van der Waals surface area contributed by atoms with Gasteiger partial charge >= 0.3 is 0 Å². The zero-order valence-corrected chi connectivity index (χ0v) is 20.4. The van der Waals surface area contributed by atoms with Gasteiger partial charge in [0.2, 0.25) is 6.79 Å². The quantitative estimate of drug-likeness (QED) is 0.265. The van der Waals surface area contributed by atoms with Crippen molar-refractivity contribution in [2.45, 2.75) is 37.4 Å². The topological polar surface area (TPSA) is 71.3 Å². The van der Waals surface area contributed by atoms with Crippen LogP contribution in [0.15, 0.2) is 53.0 Å². The molecule has 1 atom stereocenters. The van der Waals surface area contributed by atoms with E-state index in [1.807, 2.05) is 43.3 Å². The Morgan fingerprint density at radius 2 is 2.03 bits per heavy atom. The molecule has 2 aromatic carbocycles. The first kappa shape index (κ1) is 22.1. The minimum absolute atomic E-state index is 0.265. The summed E-state index contributed by atoms with van der Waals surface area (Å²) in [6.45, 7) is 5.02. The molecule has 1 unspecified atom stereocenters. The molecule has 7 nitrogen and oxygen atoms in total. The molecule has 170 valence electrons. The third kappa shape index (κ3) is 4.66. The van der Waals surface area contributed by atoms with Crippen molar-refractivity contribution in [3.05, 3.63) is 64.4 Å². The third-order valence-electron chi connectivity index (χ3n) is 5.09. The zero-order chi connectivity index (χ0) is 22.8. The Morgan fingerprint density at radius 1 is 1.18 bits per heavy atom. The summed E-state index contributed by atoms with van der Waals surface area (Å²) in [4.78, 5) is 4.79. The van der Waals surface area contributed by atoms with Crippen LogP contribution in [0.1, 0.15) is 31.5 Å². The summed E-state index contributed by atoms with van der Waals surface area (Å²) in [6.07, 6.45) is -0.288. The average molecular weight is 501 g/mol. The number of hydrogen-bond donors (Lipinski definition) is 0. The molecule has 0 bridgehead atoms. The molecule has 0 saturated carbocycles. The second-order valence-electron chi connectivity index (χ2n) is 7.28. The number of nitrogens with zero attached hydrogens (tertiary/aromatic N) is 4. The van der Waals surface area contributed by atoms with E-state index in [0.717, 1.165) is 45.3 Å². The smallest absolute Gasteiger partial charge is 0.231 e. The molecule has 0 amide bonds. The number of para-hydroxylation sites is 1. The lowest BCUT2D eigenvalue weighted by Crippen LogP contribution is -2.12. The second-order valence-corrected chi connectivity index (χ2v) is 9.48. The largest absolute Gasteiger partial charge is 0.481 e. The fourth-order valence-electron chi connectivity index (χ4n) is 3.46. The van der Waals surface area contributed by atoms with E-state index in [1.54, 1.807) is 29.2 Å². The highest BCUT2D eigenvalue weighted by Gasteiger charge is 2.20. The van der Waals surface area contributed by atoms with Gasteiger partial charge in [-0.1, -0.05) is 35.5 Å². The van der Waals surface area contributed by atoms with Crippen molar-refractivity contribution in [3.8, 4) is 27.8 Å². The number of fused-ring (bicyclic) bond motifs is 1. The lowest BCUT2D eigenvalue weighted by Gasteiger charge is -2.16. The summed E-state index contributed by atoms with van der Waals surface area (Å²) in [7, 11) is 0. The summed E-state index contributed by atoms with van der Waals surface area (Å²) in [5.41, 5.74) is 2.01. The summed E-state index contributed by atoms with van der Waals surface area (Å²) >= 11 is 9.45. The molecule has 3 heterocycles. The molecule has 10 heteroatoms. The van der Waals surface area contributed by atoms with Crippen LogP contribution in [0, 0.1) is 0 Å². The maximum absolute atomic E-state index is 6.24. The highest BCUT2D eigenvalue weighted by molar-refractivity contribution is 7.98. The van der Waals surface area contributed by atoms with Gasteiger partial charge in [-0.25, -0.2) is 4.98 Å². The van der Waals surface area contributed by atoms with Crippen LogP contribution >= 0.6 is 34.7 Å². The lowest BCUT2D eigenvalue weighted by molar-refractivity contribution is 0.174. The average Bonchev–Trinajstić information content (AvgIpc) is 3.57. The molecule has 2 aromatic heterocycles. The van der Waals surface area contributed by atoms with Gasteiger partial charge in [-0.15, -0.1) is 21.5 Å². The highest BCUT2D eigenvalue weighted by Crippen LogP contribution is 2.37. The maximum atomic E-state index is 6.24. The van der Waals surface area contributed by atoms with E-state index >= 15 is 0 Å². The van der Waals surface area contributed by atoms with Gasteiger partial charge in [-0.2, -0.15) is 0 Å². The Morgan fingerprint density at radius 3 is 2.88 bits per heavy atom. The van der Waals surface area contributed by atoms with Crippen LogP contribution in [0.2, 0.25) is 5.02 Å². The van der Waals surface area contributed by atoms with E-state index in [4.69, 9.17) is 30.8 Å². The molecular weight excluding hydrogens is 480 g/mol. The maximum Gasteiger partial charge on any atom is 0.231 e. The lowest BCUT2D eigenvalue weighted by atomic mass is 10.2. The van der Waals surface area contributed by atoms with E-state index in [-0.39, 0.29) is 12.9 Å². The van der Waals surface area contributed by atoms with Gasteiger partial charge in [0.1, 0.15) is 10.8 Å². The van der Waals surface area contributed by atoms with Crippen molar-refractivity contribution in [1.82, 2.24) is 19.7 Å². The van der Waals surface area contributed by atoms with Crippen LogP contribution in [0.5, 0.6) is 17.2 Å². The van der Waals surface area contributed by atoms with E-state index in [2.05, 4.69) is 27.1 Å². The van der Waals surface area contributed by atoms with Crippen molar-refractivity contribution in [2.75, 3.05) is 6.79 Å². The second kappa shape index (κ2) is 9.62.